The molecular weight excluding hydrogens is 578 g/mol. The summed E-state index contributed by atoms with van der Waals surface area (Å²) in [7, 11) is 0. The smallest absolute Gasteiger partial charge is 0.354 e. The van der Waals surface area contributed by atoms with Gasteiger partial charge >= 0.3 is 5.69 Å². The normalized spacial score (nSPS) is 16.2. The Morgan fingerprint density at radius 1 is 1.23 bits per heavy atom. The maximum atomic E-state index is 15.3. The highest BCUT2D eigenvalue weighted by molar-refractivity contribution is 6.35. The van der Waals surface area contributed by atoms with Gasteiger partial charge in [-0.25, -0.2) is 18.6 Å². The summed E-state index contributed by atoms with van der Waals surface area (Å²) in [6.45, 7) is 12.4. The van der Waals surface area contributed by atoms with Crippen molar-refractivity contribution in [1.82, 2.24) is 24.4 Å². The van der Waals surface area contributed by atoms with Crippen molar-refractivity contribution in [1.29, 1.82) is 0 Å². The lowest BCUT2D eigenvalue weighted by Crippen LogP contribution is -2.54. The molecule has 1 amide bonds. The Kier molecular flexibility index (Phi) is 7.16. The number of fused-ring (bicyclic) bond motifs is 5. The van der Waals surface area contributed by atoms with E-state index in [4.69, 9.17) is 16.3 Å². The zero-order chi connectivity index (χ0) is 30.7. The van der Waals surface area contributed by atoms with E-state index in [9.17, 15) is 14.0 Å². The van der Waals surface area contributed by atoms with Gasteiger partial charge in [-0.05, 0) is 43.5 Å². The molecule has 1 atom stereocenters. The quantitative estimate of drug-likeness (QED) is 0.290. The molecule has 12 heteroatoms. The number of aromatic nitrogens is 4. The van der Waals surface area contributed by atoms with Gasteiger partial charge < -0.3 is 14.5 Å². The lowest BCUT2D eigenvalue weighted by atomic mass is 9.94. The first-order valence-corrected chi connectivity index (χ1v) is 14.3. The van der Waals surface area contributed by atoms with Crippen LogP contribution < -0.4 is 15.3 Å². The van der Waals surface area contributed by atoms with Crippen molar-refractivity contribution in [2.75, 3.05) is 24.5 Å². The lowest BCUT2D eigenvalue weighted by molar-refractivity contribution is -0.126. The molecule has 1 saturated heterocycles. The van der Waals surface area contributed by atoms with E-state index >= 15 is 4.39 Å². The maximum absolute atomic E-state index is 15.3. The molecule has 0 N–H and O–H groups in total. The van der Waals surface area contributed by atoms with Crippen LogP contribution >= 0.6 is 11.6 Å². The summed E-state index contributed by atoms with van der Waals surface area (Å²) < 4.78 is 37.1. The van der Waals surface area contributed by atoms with Gasteiger partial charge in [-0.1, -0.05) is 32.0 Å². The minimum atomic E-state index is -1.15. The molecule has 0 aliphatic carbocycles. The number of hydrogen-bond acceptors (Lipinski definition) is 7. The predicted molar refractivity (Wildman–Crippen MR) is 160 cm³/mol. The first-order chi connectivity index (χ1) is 20.5. The van der Waals surface area contributed by atoms with Crippen molar-refractivity contribution < 1.29 is 18.3 Å². The second kappa shape index (κ2) is 10.7. The van der Waals surface area contributed by atoms with Crippen LogP contribution in [0.5, 0.6) is 5.88 Å². The largest absolute Gasteiger partial charge is 0.472 e. The molecule has 1 fully saturated rings. The third-order valence-electron chi connectivity index (χ3n) is 8.06. The molecule has 2 aliphatic rings. The molecule has 0 saturated carbocycles. The van der Waals surface area contributed by atoms with Crippen molar-refractivity contribution in [2.24, 2.45) is 0 Å². The van der Waals surface area contributed by atoms with Crippen molar-refractivity contribution in [3.63, 3.8) is 0 Å². The number of ether oxygens (including phenoxy) is 1. The van der Waals surface area contributed by atoms with E-state index in [1.165, 1.54) is 10.6 Å². The molecule has 0 bridgehead atoms. The number of rotatable bonds is 4. The number of aryl methyl sites for hydroxylation is 1. The van der Waals surface area contributed by atoms with Gasteiger partial charge in [-0.15, -0.1) is 0 Å². The fourth-order valence-corrected chi connectivity index (χ4v) is 6.37. The lowest BCUT2D eigenvalue weighted by Gasteiger charge is -2.40. The van der Waals surface area contributed by atoms with Crippen molar-refractivity contribution in [3.05, 3.63) is 81.1 Å². The molecule has 1 aromatic carbocycles. The zero-order valence-corrected chi connectivity index (χ0v) is 24.9. The van der Waals surface area contributed by atoms with Crippen LogP contribution in [0.25, 0.3) is 27.7 Å². The van der Waals surface area contributed by atoms with Crippen LogP contribution in [0.1, 0.15) is 43.5 Å². The van der Waals surface area contributed by atoms with E-state index in [1.54, 1.807) is 23.2 Å². The number of anilines is 1. The number of hydrogen-bond donors (Lipinski definition) is 0. The average molecular weight is 607 g/mol. The Balaban J connectivity index is 1.71. The van der Waals surface area contributed by atoms with Gasteiger partial charge in [-0.3, -0.25) is 14.3 Å². The number of benzene rings is 1. The van der Waals surface area contributed by atoms with Crippen molar-refractivity contribution >= 4 is 34.2 Å². The van der Waals surface area contributed by atoms with Gasteiger partial charge in [0.25, 0.3) is 0 Å². The third-order valence-corrected chi connectivity index (χ3v) is 8.36. The molecule has 3 aromatic heterocycles. The van der Waals surface area contributed by atoms with E-state index in [-0.39, 0.29) is 46.5 Å². The molecule has 222 valence electrons. The van der Waals surface area contributed by atoms with Crippen molar-refractivity contribution in [3.8, 4) is 22.7 Å². The summed E-state index contributed by atoms with van der Waals surface area (Å²) in [6, 6.07) is 3.22. The molecule has 6 rings (SSSR count). The SMILES string of the molecule is C=CC(=O)N1CCN(c2nc(=O)n(-c3c(C)ccnc3C(C)C)c3c4c(c(Cl)cc23)-c2c(ncc(F)c2F)OC4)[C@@H](C)C1. The topological polar surface area (TPSA) is 93.5 Å². The molecule has 0 radical (unpaired) electrons. The van der Waals surface area contributed by atoms with Gasteiger partial charge in [-0.2, -0.15) is 4.98 Å². The molecule has 4 aromatic rings. The van der Waals surface area contributed by atoms with Gasteiger partial charge in [0.2, 0.25) is 11.8 Å². The number of amides is 1. The summed E-state index contributed by atoms with van der Waals surface area (Å²) in [6.07, 6.45) is 3.73. The van der Waals surface area contributed by atoms with Crippen molar-refractivity contribution in [2.45, 2.75) is 46.3 Å². The Morgan fingerprint density at radius 2 is 2.00 bits per heavy atom. The highest BCUT2D eigenvalue weighted by Gasteiger charge is 2.34. The van der Waals surface area contributed by atoms with E-state index in [1.807, 2.05) is 32.6 Å². The van der Waals surface area contributed by atoms with Gasteiger partial charge in [0.1, 0.15) is 12.4 Å². The highest BCUT2D eigenvalue weighted by Crippen LogP contribution is 2.47. The second-order valence-corrected chi connectivity index (χ2v) is 11.5. The molecule has 9 nitrogen and oxygen atoms in total. The van der Waals surface area contributed by atoms with E-state index in [2.05, 4.69) is 21.5 Å². The molecular formula is C31H29ClF2N6O3. The average Bonchev–Trinajstić information content (AvgIpc) is 2.98. The fourth-order valence-electron chi connectivity index (χ4n) is 6.05. The van der Waals surface area contributed by atoms with Crippen LogP contribution in [0, 0.1) is 18.6 Å². The number of piperazine rings is 1. The summed E-state index contributed by atoms with van der Waals surface area (Å²) in [5.74, 6) is -2.24. The third kappa shape index (κ3) is 4.53. The summed E-state index contributed by atoms with van der Waals surface area (Å²) in [5.41, 5.74) is 2.21. The second-order valence-electron chi connectivity index (χ2n) is 11.1. The fraction of sp³-hybridized carbons (Fsp3) is 0.323. The first-order valence-electron chi connectivity index (χ1n) is 13.9. The van der Waals surface area contributed by atoms with E-state index in [0.29, 0.717) is 53.3 Å². The van der Waals surface area contributed by atoms with Gasteiger partial charge in [0.15, 0.2) is 11.6 Å². The summed E-state index contributed by atoms with van der Waals surface area (Å²) in [5, 5.41) is 0.653. The van der Waals surface area contributed by atoms with Crippen LogP contribution in [0.15, 0.2) is 42.0 Å². The molecule has 0 spiro atoms. The number of pyridine rings is 2. The van der Waals surface area contributed by atoms with Gasteiger partial charge in [0.05, 0.1) is 28.7 Å². The molecule has 0 unspecified atom stereocenters. The Labute approximate surface area is 251 Å². The Morgan fingerprint density at radius 3 is 2.70 bits per heavy atom. The molecule has 2 aliphatic heterocycles. The highest BCUT2D eigenvalue weighted by atomic mass is 35.5. The molecule has 5 heterocycles. The van der Waals surface area contributed by atoms with Crippen LogP contribution in [-0.2, 0) is 11.4 Å². The van der Waals surface area contributed by atoms with Crippen LogP contribution in [0.4, 0.5) is 14.6 Å². The van der Waals surface area contributed by atoms with Gasteiger partial charge in [0, 0.05) is 53.4 Å². The zero-order valence-electron chi connectivity index (χ0n) is 24.1. The maximum Gasteiger partial charge on any atom is 0.354 e. The summed E-state index contributed by atoms with van der Waals surface area (Å²) >= 11 is 6.87. The first kappa shape index (κ1) is 28.7. The van der Waals surface area contributed by atoms with Crippen LogP contribution in [0.3, 0.4) is 0 Å². The predicted octanol–water partition coefficient (Wildman–Crippen LogP) is 5.32. The monoisotopic (exact) mass is 606 g/mol. The van der Waals surface area contributed by atoms with Crippen LogP contribution in [-0.4, -0.2) is 56.0 Å². The molecule has 43 heavy (non-hydrogen) atoms. The minimum Gasteiger partial charge on any atom is -0.472 e. The number of carbonyl (C=O) groups excluding carboxylic acids is 1. The van der Waals surface area contributed by atoms with E-state index < -0.39 is 17.3 Å². The van der Waals surface area contributed by atoms with E-state index in [0.717, 1.165) is 11.8 Å². The summed E-state index contributed by atoms with van der Waals surface area (Å²) in [4.78, 5) is 43.3. The number of nitrogens with zero attached hydrogens (tertiary/aromatic N) is 6. The van der Waals surface area contributed by atoms with Crippen LogP contribution in [0.2, 0.25) is 5.02 Å². The number of halogens is 3. The number of carbonyl (C=O) groups is 1. The standard InChI is InChI=1S/C31H29ClF2N6O3/c1-6-22(41)38-9-10-39(17(5)13-38)29-18-11-20(32)23-19(14-43-30-24(23)25(34)21(33)12-36-30)28(18)40(31(42)37-29)27-16(4)7-8-35-26(27)15(2)3/h6-8,11-12,15,17H,1,9-10,13-14H2,2-5H3/t17-/m0/s1. The Hall–Kier alpha value is -4.38. The minimum absolute atomic E-state index is 0.0529. The Bertz CT molecular complexity index is 1890.